The Morgan fingerprint density at radius 3 is 1.89 bits per heavy atom. The highest BCUT2D eigenvalue weighted by Crippen LogP contribution is 2.71. The summed E-state index contributed by atoms with van der Waals surface area (Å²) in [5.74, 6) is -0.802. The highest BCUT2D eigenvalue weighted by molar-refractivity contribution is 8.78. The minimum absolute atomic E-state index is 0.0773. The predicted octanol–water partition coefficient (Wildman–Crippen LogP) is 1.05. The number of ether oxygens (including phenoxy) is 4. The molecule has 2 bridgehead atoms. The minimum Gasteiger partial charge on any atom is -0.455 e. The number of rotatable bonds is 4. The second-order valence-corrected chi connectivity index (χ2v) is 13.4. The molecule has 9 aliphatic rings. The fraction of sp³-hybridized carbons (Fsp3) is 0.667. The normalized spacial score (nSPS) is 48.1. The fourth-order valence-electron chi connectivity index (χ4n) is 7.14. The van der Waals surface area contributed by atoms with Gasteiger partial charge in [0.15, 0.2) is 9.74 Å². The van der Waals surface area contributed by atoms with Crippen LogP contribution >= 0.6 is 21.6 Å². The van der Waals surface area contributed by atoms with Crippen LogP contribution in [0.1, 0.15) is 39.5 Å². The van der Waals surface area contributed by atoms with Crippen LogP contribution in [-0.2, 0) is 38.1 Å². The molecule has 10 unspecified atom stereocenters. The van der Waals surface area contributed by atoms with E-state index < -0.39 is 21.9 Å². The van der Waals surface area contributed by atoms with Crippen LogP contribution in [0.25, 0.3) is 0 Å². The molecule has 2 amide bonds. The van der Waals surface area contributed by atoms with E-state index in [0.29, 0.717) is 25.7 Å². The molecule has 10 atom stereocenters. The Morgan fingerprint density at radius 2 is 1.42 bits per heavy atom. The lowest BCUT2D eigenvalue weighted by Crippen LogP contribution is -2.76. The van der Waals surface area contributed by atoms with E-state index >= 15 is 0 Å². The molecule has 7 fully saturated rings. The Balaban J connectivity index is 1.15. The molecule has 7 heterocycles. The molecule has 0 N–H and O–H groups in total. The van der Waals surface area contributed by atoms with E-state index in [2.05, 4.69) is 0 Å². The van der Waals surface area contributed by atoms with Gasteiger partial charge in [0, 0.05) is 26.2 Å². The van der Waals surface area contributed by atoms with Crippen LogP contribution in [-0.4, -0.2) is 92.0 Å². The van der Waals surface area contributed by atoms with Crippen molar-refractivity contribution >= 4 is 45.3 Å². The maximum absolute atomic E-state index is 14.3. The Hall–Kier alpha value is -2.02. The molecule has 0 aromatic rings. The van der Waals surface area contributed by atoms with Crippen molar-refractivity contribution in [1.82, 2.24) is 9.80 Å². The quantitative estimate of drug-likeness (QED) is 0.225. The number of epoxide rings is 2. The lowest BCUT2D eigenvalue weighted by Gasteiger charge is -2.58. The highest BCUT2D eigenvalue weighted by Gasteiger charge is 2.80. The number of esters is 2. The van der Waals surface area contributed by atoms with Gasteiger partial charge in [-0.2, -0.15) is 0 Å². The number of hydrogen-bond donors (Lipinski definition) is 0. The van der Waals surface area contributed by atoms with E-state index in [1.165, 1.54) is 28.5 Å². The van der Waals surface area contributed by atoms with E-state index in [1.807, 2.05) is 19.1 Å². The second-order valence-electron chi connectivity index (χ2n) is 10.7. The summed E-state index contributed by atoms with van der Waals surface area (Å²) >= 11 is 0. The number of amides is 2. The Bertz CT molecular complexity index is 1220. The number of hydrogen-bond acceptors (Lipinski definition) is 10. The van der Waals surface area contributed by atoms with Gasteiger partial charge in [-0.3, -0.25) is 19.2 Å². The summed E-state index contributed by atoms with van der Waals surface area (Å²) in [6, 6.07) is -0.648. The first-order chi connectivity index (χ1) is 17.3. The van der Waals surface area contributed by atoms with E-state index in [4.69, 9.17) is 18.9 Å². The molecule has 12 heteroatoms. The molecular formula is C24H24N2O8S2. The Kier molecular flexibility index (Phi) is 4.21. The molecule has 2 spiro atoms. The molecule has 190 valence electrons. The third-order valence-corrected chi connectivity index (χ3v) is 12.1. The van der Waals surface area contributed by atoms with Crippen molar-refractivity contribution in [3.63, 3.8) is 0 Å². The number of piperazine rings is 1. The van der Waals surface area contributed by atoms with Crippen LogP contribution in [0.4, 0.5) is 0 Å². The topological polar surface area (TPSA) is 118 Å². The first kappa shape index (κ1) is 22.0. The van der Waals surface area contributed by atoms with Gasteiger partial charge in [0.1, 0.15) is 36.6 Å². The Morgan fingerprint density at radius 1 is 0.917 bits per heavy atom. The van der Waals surface area contributed by atoms with Crippen molar-refractivity contribution in [3.8, 4) is 0 Å². The van der Waals surface area contributed by atoms with Crippen molar-refractivity contribution in [2.45, 2.75) is 98.0 Å². The molecule has 0 saturated carbocycles. The van der Waals surface area contributed by atoms with Gasteiger partial charge in [0.2, 0.25) is 0 Å². The van der Waals surface area contributed by atoms with Crippen LogP contribution in [0.2, 0.25) is 0 Å². The zero-order chi connectivity index (χ0) is 24.7. The van der Waals surface area contributed by atoms with Gasteiger partial charge < -0.3 is 28.7 Å². The molecule has 36 heavy (non-hydrogen) atoms. The molecular weight excluding hydrogens is 508 g/mol. The van der Waals surface area contributed by atoms with Crippen LogP contribution in [0.15, 0.2) is 23.3 Å². The molecule has 7 aliphatic heterocycles. The van der Waals surface area contributed by atoms with Crippen LogP contribution in [0.5, 0.6) is 0 Å². The van der Waals surface area contributed by atoms with Gasteiger partial charge in [0.05, 0.1) is 12.1 Å². The van der Waals surface area contributed by atoms with Crippen LogP contribution < -0.4 is 0 Å². The van der Waals surface area contributed by atoms with Gasteiger partial charge in [-0.15, -0.1) is 0 Å². The van der Waals surface area contributed by atoms with Crippen molar-refractivity contribution in [2.75, 3.05) is 0 Å². The summed E-state index contributed by atoms with van der Waals surface area (Å²) in [7, 11) is 2.93. The smallest absolute Gasteiger partial charge is 0.306 e. The summed E-state index contributed by atoms with van der Waals surface area (Å²) in [5.41, 5.74) is 1.86. The molecule has 0 radical (unpaired) electrons. The average molecular weight is 533 g/mol. The molecule has 9 rings (SSSR count). The van der Waals surface area contributed by atoms with E-state index in [-0.39, 0.29) is 60.3 Å². The van der Waals surface area contributed by atoms with Crippen molar-refractivity contribution in [1.29, 1.82) is 0 Å². The van der Waals surface area contributed by atoms with Crippen LogP contribution in [0, 0.1) is 0 Å². The van der Waals surface area contributed by atoms with Crippen LogP contribution in [0.3, 0.4) is 0 Å². The van der Waals surface area contributed by atoms with Gasteiger partial charge in [-0.25, -0.2) is 0 Å². The lowest BCUT2D eigenvalue weighted by molar-refractivity contribution is -0.166. The van der Waals surface area contributed by atoms with Gasteiger partial charge in [0.25, 0.3) is 11.8 Å². The van der Waals surface area contributed by atoms with Crippen molar-refractivity contribution < 1.29 is 38.1 Å². The second kappa shape index (κ2) is 6.89. The lowest BCUT2D eigenvalue weighted by atomic mass is 9.91. The number of carbonyl (C=O) groups is 4. The van der Waals surface area contributed by atoms with E-state index in [1.54, 1.807) is 9.80 Å². The number of fused-ring (bicyclic) bond motifs is 7. The molecule has 10 nitrogen and oxygen atoms in total. The summed E-state index contributed by atoms with van der Waals surface area (Å²) < 4.78 is 23.0. The summed E-state index contributed by atoms with van der Waals surface area (Å²) in [5, 5.41) is 0. The third kappa shape index (κ3) is 2.54. The minimum atomic E-state index is -1.05. The maximum Gasteiger partial charge on any atom is 0.306 e. The number of carbonyl (C=O) groups excluding carboxylic acids is 4. The first-order valence-electron chi connectivity index (χ1n) is 12.4. The van der Waals surface area contributed by atoms with Gasteiger partial charge in [-0.1, -0.05) is 28.5 Å². The predicted molar refractivity (Wildman–Crippen MR) is 125 cm³/mol. The Labute approximate surface area is 214 Å². The van der Waals surface area contributed by atoms with Gasteiger partial charge in [-0.05, 0) is 29.7 Å². The number of nitrogens with zero attached hydrogens (tertiary/aromatic N) is 2. The standard InChI is InChI=1S/C24H24N2O8S2/c1-3-4-14(28)32-13-6-11-8-24-22(30)25-15-10(5-12(31-9(2)27)17-19(15)33-17)7-23(25,35-36-24)21(29)26(24)16(11)20-18(13)34-20/h5-6,12-13,15-20H,3-4,7-8H2,1-2H3. The van der Waals surface area contributed by atoms with E-state index in [0.717, 1.165) is 11.1 Å². The fourth-order valence-corrected chi connectivity index (χ4v) is 10.8. The average Bonchev–Trinajstić information content (AvgIpc) is 3.73. The first-order valence-corrected chi connectivity index (χ1v) is 14.6. The van der Waals surface area contributed by atoms with Crippen molar-refractivity contribution in [3.05, 3.63) is 23.3 Å². The summed E-state index contributed by atoms with van der Waals surface area (Å²) in [6.07, 6.45) is 3.51. The van der Waals surface area contributed by atoms with Gasteiger partial charge >= 0.3 is 11.9 Å². The molecule has 7 saturated heterocycles. The molecule has 0 aromatic carbocycles. The molecule has 2 aliphatic carbocycles. The molecule has 0 aromatic heterocycles. The highest BCUT2D eigenvalue weighted by atomic mass is 33.1. The zero-order valence-corrected chi connectivity index (χ0v) is 21.2. The van der Waals surface area contributed by atoms with Crippen molar-refractivity contribution in [2.24, 2.45) is 0 Å². The monoisotopic (exact) mass is 532 g/mol. The zero-order valence-electron chi connectivity index (χ0n) is 19.6. The largest absolute Gasteiger partial charge is 0.455 e. The van der Waals surface area contributed by atoms with E-state index in [9.17, 15) is 19.2 Å². The third-order valence-electron chi connectivity index (χ3n) is 8.58. The SMILES string of the molecule is CCCC(=O)OC1C=C2CC34SSC5(CC6=CC(OC(C)=O)C7OC7C6N5C3=O)C(=O)N4C2C2OC12. The summed E-state index contributed by atoms with van der Waals surface area (Å²) in [4.78, 5) is 53.7. The summed E-state index contributed by atoms with van der Waals surface area (Å²) in [6.45, 7) is 3.29. The maximum atomic E-state index is 14.3.